The van der Waals surface area contributed by atoms with Crippen LogP contribution in [0.15, 0.2) is 29.8 Å². The number of fused-ring (bicyclic) bond motifs is 2. The van der Waals surface area contributed by atoms with Gasteiger partial charge in [0.25, 0.3) is 5.91 Å². The summed E-state index contributed by atoms with van der Waals surface area (Å²) in [5.74, 6) is 1.66. The maximum atomic E-state index is 13.2. The van der Waals surface area contributed by atoms with Crippen LogP contribution in [0, 0.1) is 0 Å². The van der Waals surface area contributed by atoms with E-state index in [2.05, 4.69) is 15.4 Å². The van der Waals surface area contributed by atoms with E-state index in [0.29, 0.717) is 18.8 Å². The highest BCUT2D eigenvalue weighted by Crippen LogP contribution is 2.33. The molecule has 1 amide bonds. The molecule has 0 unspecified atom stereocenters. The molecule has 1 aromatic carbocycles. The van der Waals surface area contributed by atoms with E-state index >= 15 is 0 Å². The first kappa shape index (κ1) is 19.4. The normalized spacial score (nSPS) is 17.4. The maximum absolute atomic E-state index is 13.2. The lowest BCUT2D eigenvalue weighted by molar-refractivity contribution is 0.0784. The number of rotatable bonds is 4. The minimum absolute atomic E-state index is 0.0656. The Labute approximate surface area is 179 Å². The second-order valence-corrected chi connectivity index (χ2v) is 8.70. The average Bonchev–Trinajstić information content (AvgIpc) is 3.47. The summed E-state index contributed by atoms with van der Waals surface area (Å²) in [4.78, 5) is 23.1. The minimum Gasteiger partial charge on any atom is -0.493 e. The predicted molar refractivity (Wildman–Crippen MR) is 115 cm³/mol. The van der Waals surface area contributed by atoms with Crippen molar-refractivity contribution < 1.29 is 14.3 Å². The number of carbonyl (C=O) groups excluding carboxylic acids is 1. The largest absolute Gasteiger partial charge is 0.493 e. The van der Waals surface area contributed by atoms with Crippen LogP contribution in [0.1, 0.15) is 41.0 Å². The summed E-state index contributed by atoms with van der Waals surface area (Å²) in [7, 11) is 1.67. The zero-order chi connectivity index (χ0) is 20.5. The van der Waals surface area contributed by atoms with Gasteiger partial charge < -0.3 is 14.4 Å². The van der Waals surface area contributed by atoms with Gasteiger partial charge >= 0.3 is 0 Å². The molecule has 0 N–H and O–H groups in total. The molecule has 0 aliphatic carbocycles. The smallest absolute Gasteiger partial charge is 0.274 e. The monoisotopic (exact) mass is 426 g/mol. The zero-order valence-electron chi connectivity index (χ0n) is 17.2. The molecule has 3 aromatic rings. The Morgan fingerprint density at radius 2 is 2.10 bits per heavy atom. The molecule has 0 radical (unpaired) electrons. The fourth-order valence-electron chi connectivity index (χ4n) is 4.36. The first-order chi connectivity index (χ1) is 14.7. The lowest BCUT2D eigenvalue weighted by Crippen LogP contribution is -2.31. The number of hydrogen-bond donors (Lipinski definition) is 0. The average molecular weight is 427 g/mol. The second kappa shape index (κ2) is 8.28. The number of likely N-dealkylation sites (tertiary alicyclic amines) is 1. The van der Waals surface area contributed by atoms with E-state index in [9.17, 15) is 4.79 Å². The molecule has 2 aliphatic heterocycles. The Bertz CT molecular complexity index is 1050. The SMILES string of the molecule is COc1cccc2c1OCCCN(Cc1c(C(=O)N3CCCC3)nc3sccn13)C2. The molecule has 7 nitrogen and oxygen atoms in total. The fourth-order valence-corrected chi connectivity index (χ4v) is 5.10. The molecule has 0 atom stereocenters. The van der Waals surface area contributed by atoms with Gasteiger partial charge in [-0.15, -0.1) is 11.3 Å². The van der Waals surface area contributed by atoms with Crippen molar-refractivity contribution in [1.82, 2.24) is 19.2 Å². The predicted octanol–water partition coefficient (Wildman–Crippen LogP) is 3.43. The van der Waals surface area contributed by atoms with Crippen molar-refractivity contribution in [3.05, 3.63) is 46.7 Å². The van der Waals surface area contributed by atoms with Gasteiger partial charge in [0.05, 0.1) is 19.4 Å². The molecular formula is C22H26N4O3S. The van der Waals surface area contributed by atoms with Gasteiger partial charge in [-0.3, -0.25) is 14.1 Å². The van der Waals surface area contributed by atoms with Crippen LogP contribution in [0.4, 0.5) is 0 Å². The number of imidazole rings is 1. The van der Waals surface area contributed by atoms with Crippen molar-refractivity contribution in [3.8, 4) is 11.5 Å². The van der Waals surface area contributed by atoms with Crippen molar-refractivity contribution >= 4 is 22.2 Å². The lowest BCUT2D eigenvalue weighted by atomic mass is 10.1. The number of amides is 1. The number of thiazole rings is 1. The number of para-hydroxylation sites is 1. The standard InChI is InChI=1S/C22H26N4O3S/c1-28-18-7-4-6-16-14-24(8-5-12-29-20(16)18)15-17-19(21(27)25-9-2-3-10-25)23-22-26(17)11-13-30-22/h4,6-7,11,13H,2-3,5,8-10,12,14-15H2,1H3. The van der Waals surface area contributed by atoms with Crippen molar-refractivity contribution in [1.29, 1.82) is 0 Å². The molecule has 30 heavy (non-hydrogen) atoms. The molecular weight excluding hydrogens is 400 g/mol. The van der Waals surface area contributed by atoms with Gasteiger partial charge in [0, 0.05) is 49.9 Å². The zero-order valence-corrected chi connectivity index (χ0v) is 18.0. The summed E-state index contributed by atoms with van der Waals surface area (Å²) in [5, 5.41) is 2.03. The molecule has 2 aliphatic rings. The quantitative estimate of drug-likeness (QED) is 0.640. The summed E-state index contributed by atoms with van der Waals surface area (Å²) in [6.45, 7) is 4.61. The van der Waals surface area contributed by atoms with Crippen molar-refractivity contribution in [2.75, 3.05) is 33.4 Å². The summed E-state index contributed by atoms with van der Waals surface area (Å²) in [6, 6.07) is 6.02. The van der Waals surface area contributed by atoms with Crippen LogP contribution in [0.25, 0.3) is 4.96 Å². The van der Waals surface area contributed by atoms with Crippen LogP contribution in [-0.4, -0.2) is 58.4 Å². The van der Waals surface area contributed by atoms with Crippen LogP contribution >= 0.6 is 11.3 Å². The van der Waals surface area contributed by atoms with Gasteiger partial charge in [-0.2, -0.15) is 0 Å². The molecule has 1 fully saturated rings. The molecule has 5 rings (SSSR count). The van der Waals surface area contributed by atoms with Gasteiger partial charge in [0.1, 0.15) is 0 Å². The van der Waals surface area contributed by atoms with Crippen molar-refractivity contribution in [2.45, 2.75) is 32.4 Å². The van der Waals surface area contributed by atoms with Crippen LogP contribution < -0.4 is 9.47 Å². The Hall–Kier alpha value is -2.58. The molecule has 2 aromatic heterocycles. The highest BCUT2D eigenvalue weighted by molar-refractivity contribution is 7.15. The Kier molecular flexibility index (Phi) is 5.35. The van der Waals surface area contributed by atoms with E-state index in [-0.39, 0.29) is 5.91 Å². The van der Waals surface area contributed by atoms with E-state index in [0.717, 1.165) is 73.2 Å². The molecule has 158 valence electrons. The molecule has 1 saturated heterocycles. The lowest BCUT2D eigenvalue weighted by Gasteiger charge is -2.27. The van der Waals surface area contributed by atoms with Gasteiger partial charge in [-0.1, -0.05) is 12.1 Å². The van der Waals surface area contributed by atoms with E-state index < -0.39 is 0 Å². The second-order valence-electron chi connectivity index (χ2n) is 7.82. The Morgan fingerprint density at radius 1 is 1.23 bits per heavy atom. The number of ether oxygens (including phenoxy) is 2. The topological polar surface area (TPSA) is 59.3 Å². The third-order valence-corrected chi connectivity index (χ3v) is 6.63. The molecule has 8 heteroatoms. The van der Waals surface area contributed by atoms with E-state index in [1.165, 1.54) is 0 Å². The van der Waals surface area contributed by atoms with Crippen LogP contribution in [0.3, 0.4) is 0 Å². The van der Waals surface area contributed by atoms with Crippen molar-refractivity contribution in [3.63, 3.8) is 0 Å². The first-order valence-corrected chi connectivity index (χ1v) is 11.4. The maximum Gasteiger partial charge on any atom is 0.274 e. The van der Waals surface area contributed by atoms with Gasteiger partial charge in [0.15, 0.2) is 22.2 Å². The number of nitrogens with zero attached hydrogens (tertiary/aromatic N) is 4. The fraction of sp³-hybridized carbons (Fsp3) is 0.455. The summed E-state index contributed by atoms with van der Waals surface area (Å²) < 4.78 is 13.6. The van der Waals surface area contributed by atoms with E-state index in [1.807, 2.05) is 28.6 Å². The summed E-state index contributed by atoms with van der Waals surface area (Å²) in [5.41, 5.74) is 2.69. The third-order valence-electron chi connectivity index (χ3n) is 5.87. The summed E-state index contributed by atoms with van der Waals surface area (Å²) >= 11 is 1.57. The summed E-state index contributed by atoms with van der Waals surface area (Å²) in [6.07, 6.45) is 5.09. The highest BCUT2D eigenvalue weighted by Gasteiger charge is 2.28. The van der Waals surface area contributed by atoms with Gasteiger partial charge in [-0.05, 0) is 25.3 Å². The van der Waals surface area contributed by atoms with Gasteiger partial charge in [-0.25, -0.2) is 4.98 Å². The van der Waals surface area contributed by atoms with Crippen LogP contribution in [0.2, 0.25) is 0 Å². The first-order valence-electron chi connectivity index (χ1n) is 10.5. The minimum atomic E-state index is 0.0656. The van der Waals surface area contributed by atoms with Crippen LogP contribution in [-0.2, 0) is 13.1 Å². The number of benzene rings is 1. The molecule has 0 bridgehead atoms. The van der Waals surface area contributed by atoms with Crippen molar-refractivity contribution in [2.24, 2.45) is 0 Å². The number of methoxy groups -OCH3 is 1. The number of carbonyl (C=O) groups is 1. The molecule has 0 spiro atoms. The molecule has 0 saturated carbocycles. The number of aromatic nitrogens is 2. The van der Waals surface area contributed by atoms with E-state index in [1.54, 1.807) is 18.4 Å². The van der Waals surface area contributed by atoms with E-state index in [4.69, 9.17) is 14.5 Å². The molecule has 4 heterocycles. The number of hydrogen-bond acceptors (Lipinski definition) is 6. The highest BCUT2D eigenvalue weighted by atomic mass is 32.1. The van der Waals surface area contributed by atoms with Crippen LogP contribution in [0.5, 0.6) is 11.5 Å². The third kappa shape index (κ3) is 3.54. The van der Waals surface area contributed by atoms with Gasteiger partial charge in [0.2, 0.25) is 0 Å². The Balaban J connectivity index is 1.46. The Morgan fingerprint density at radius 3 is 2.93 bits per heavy atom.